The van der Waals surface area contributed by atoms with Gasteiger partial charge < -0.3 is 0 Å². The van der Waals surface area contributed by atoms with Crippen molar-refractivity contribution in [3.8, 4) is 0 Å². The molecule has 1 aliphatic rings. The molecule has 3 heteroatoms. The van der Waals surface area contributed by atoms with Crippen LogP contribution in [-0.2, 0) is 0 Å². The van der Waals surface area contributed by atoms with Gasteiger partial charge in [-0.3, -0.25) is 0 Å². The first kappa shape index (κ1) is 7.76. The molecule has 1 fully saturated rings. The van der Waals surface area contributed by atoms with Gasteiger partial charge in [-0.1, -0.05) is 36.7 Å². The summed E-state index contributed by atoms with van der Waals surface area (Å²) in [6.07, 6.45) is 7.78. The molecule has 1 aliphatic carbocycles. The van der Waals surface area contributed by atoms with Gasteiger partial charge in [-0.25, -0.2) is 4.13 Å². The SMILES string of the molecule is CSNSC1CCCC1. The molecule has 0 aromatic heterocycles. The van der Waals surface area contributed by atoms with Gasteiger partial charge in [0, 0.05) is 5.25 Å². The zero-order chi connectivity index (χ0) is 6.53. The highest BCUT2D eigenvalue weighted by molar-refractivity contribution is 8.12. The Morgan fingerprint density at radius 1 is 1.33 bits per heavy atom. The maximum Gasteiger partial charge on any atom is 0.0201 e. The third-order valence-corrected chi connectivity index (χ3v) is 3.46. The van der Waals surface area contributed by atoms with E-state index >= 15 is 0 Å². The van der Waals surface area contributed by atoms with Crippen LogP contribution in [0.2, 0.25) is 0 Å². The minimum atomic E-state index is 0.900. The van der Waals surface area contributed by atoms with Gasteiger partial charge in [-0.15, -0.1) is 0 Å². The van der Waals surface area contributed by atoms with E-state index in [1.165, 1.54) is 25.7 Å². The van der Waals surface area contributed by atoms with Crippen molar-refractivity contribution in [2.45, 2.75) is 30.9 Å². The maximum atomic E-state index is 3.22. The third-order valence-electron chi connectivity index (χ3n) is 1.60. The first-order valence-corrected chi connectivity index (χ1v) is 5.47. The summed E-state index contributed by atoms with van der Waals surface area (Å²) >= 11 is 3.60. The molecule has 1 nitrogen and oxygen atoms in total. The molecule has 0 bridgehead atoms. The fourth-order valence-electron chi connectivity index (χ4n) is 1.12. The molecule has 1 saturated carbocycles. The monoisotopic (exact) mass is 163 g/mol. The predicted molar refractivity (Wildman–Crippen MR) is 46.5 cm³/mol. The summed E-state index contributed by atoms with van der Waals surface area (Å²) in [6, 6.07) is 0. The number of rotatable bonds is 3. The van der Waals surface area contributed by atoms with E-state index in [9.17, 15) is 0 Å². The second kappa shape index (κ2) is 4.47. The number of nitrogens with one attached hydrogen (secondary N) is 1. The van der Waals surface area contributed by atoms with Crippen LogP contribution in [0.3, 0.4) is 0 Å². The van der Waals surface area contributed by atoms with Gasteiger partial charge in [0.15, 0.2) is 0 Å². The van der Waals surface area contributed by atoms with Gasteiger partial charge in [0.25, 0.3) is 0 Å². The van der Waals surface area contributed by atoms with Crippen molar-refractivity contribution >= 4 is 23.9 Å². The molecule has 0 aromatic rings. The normalized spacial score (nSPS) is 21.0. The van der Waals surface area contributed by atoms with Crippen molar-refractivity contribution < 1.29 is 0 Å². The van der Waals surface area contributed by atoms with Crippen LogP contribution in [0.15, 0.2) is 0 Å². The lowest BCUT2D eigenvalue weighted by molar-refractivity contribution is 0.886. The molecule has 9 heavy (non-hydrogen) atoms. The topological polar surface area (TPSA) is 12.0 Å². The van der Waals surface area contributed by atoms with Crippen molar-refractivity contribution in [3.63, 3.8) is 0 Å². The highest BCUT2D eigenvalue weighted by Crippen LogP contribution is 2.28. The van der Waals surface area contributed by atoms with E-state index in [4.69, 9.17) is 0 Å². The summed E-state index contributed by atoms with van der Waals surface area (Å²) in [4.78, 5) is 0. The second-order valence-electron chi connectivity index (χ2n) is 2.31. The minimum absolute atomic E-state index is 0.900. The molecule has 1 rings (SSSR count). The van der Waals surface area contributed by atoms with E-state index in [1.54, 1.807) is 11.9 Å². The van der Waals surface area contributed by atoms with Crippen LogP contribution in [0.1, 0.15) is 25.7 Å². The lowest BCUT2D eigenvalue weighted by Gasteiger charge is -2.05. The van der Waals surface area contributed by atoms with Gasteiger partial charge in [0.2, 0.25) is 0 Å². The molecule has 0 unspecified atom stereocenters. The van der Waals surface area contributed by atoms with E-state index in [2.05, 4.69) is 10.4 Å². The first-order chi connectivity index (χ1) is 4.43. The van der Waals surface area contributed by atoms with Gasteiger partial charge in [-0.2, -0.15) is 0 Å². The largest absolute Gasteiger partial charge is 0.208 e. The Bertz CT molecular complexity index is 71.5. The van der Waals surface area contributed by atoms with Gasteiger partial charge in [-0.05, 0) is 19.1 Å². The molecule has 0 aliphatic heterocycles. The van der Waals surface area contributed by atoms with Crippen LogP contribution >= 0.6 is 23.9 Å². The minimum Gasteiger partial charge on any atom is -0.208 e. The summed E-state index contributed by atoms with van der Waals surface area (Å²) in [5.41, 5.74) is 0. The van der Waals surface area contributed by atoms with E-state index in [0.29, 0.717) is 0 Å². The summed E-state index contributed by atoms with van der Waals surface area (Å²) in [5.74, 6) is 0. The van der Waals surface area contributed by atoms with E-state index in [-0.39, 0.29) is 0 Å². The zero-order valence-electron chi connectivity index (χ0n) is 5.72. The molecule has 0 atom stereocenters. The highest BCUT2D eigenvalue weighted by atomic mass is 32.2. The molecule has 0 spiro atoms. The van der Waals surface area contributed by atoms with Gasteiger partial charge >= 0.3 is 0 Å². The Balaban J connectivity index is 1.98. The molecule has 1 N–H and O–H groups in total. The Hall–Kier alpha value is 0.660. The molecule has 0 amide bonds. The summed E-state index contributed by atoms with van der Waals surface area (Å²) in [7, 11) is 0. The number of hydrogen-bond donors (Lipinski definition) is 1. The van der Waals surface area contributed by atoms with Crippen molar-refractivity contribution in [1.82, 2.24) is 4.13 Å². The standard InChI is InChI=1S/C6H13NS2/c1-8-7-9-6-4-2-3-5-6/h6-7H,2-5H2,1H3. The van der Waals surface area contributed by atoms with Crippen molar-refractivity contribution in [2.24, 2.45) is 0 Å². The fraction of sp³-hybridized carbons (Fsp3) is 1.00. The maximum absolute atomic E-state index is 3.22. The van der Waals surface area contributed by atoms with Crippen LogP contribution in [-0.4, -0.2) is 11.5 Å². The van der Waals surface area contributed by atoms with Crippen molar-refractivity contribution in [2.75, 3.05) is 6.26 Å². The van der Waals surface area contributed by atoms with E-state index < -0.39 is 0 Å². The summed E-state index contributed by atoms with van der Waals surface area (Å²) in [6.45, 7) is 0. The quantitative estimate of drug-likeness (QED) is 0.642. The lowest BCUT2D eigenvalue weighted by atomic mass is 10.4. The van der Waals surface area contributed by atoms with Crippen LogP contribution in [0, 0.1) is 0 Å². The summed E-state index contributed by atoms with van der Waals surface area (Å²) in [5, 5.41) is 0.900. The Morgan fingerprint density at radius 2 is 2.00 bits per heavy atom. The lowest BCUT2D eigenvalue weighted by Crippen LogP contribution is -2.00. The summed E-state index contributed by atoms with van der Waals surface area (Å²) < 4.78 is 3.22. The number of hydrogen-bond acceptors (Lipinski definition) is 3. The van der Waals surface area contributed by atoms with E-state index in [1.807, 2.05) is 11.9 Å². The Kier molecular flexibility index (Phi) is 3.86. The predicted octanol–water partition coefficient (Wildman–Crippen LogP) is 2.44. The van der Waals surface area contributed by atoms with Crippen LogP contribution in [0.4, 0.5) is 0 Å². The smallest absolute Gasteiger partial charge is 0.0201 e. The molecule has 0 heterocycles. The molecule has 0 radical (unpaired) electrons. The van der Waals surface area contributed by atoms with Crippen LogP contribution in [0.5, 0.6) is 0 Å². The average molecular weight is 163 g/mol. The third kappa shape index (κ3) is 2.83. The van der Waals surface area contributed by atoms with Crippen molar-refractivity contribution in [3.05, 3.63) is 0 Å². The molecule has 0 aromatic carbocycles. The first-order valence-electron chi connectivity index (χ1n) is 3.37. The highest BCUT2D eigenvalue weighted by Gasteiger charge is 2.14. The van der Waals surface area contributed by atoms with Gasteiger partial charge in [0.05, 0.1) is 0 Å². The molecule has 0 saturated heterocycles. The van der Waals surface area contributed by atoms with Gasteiger partial charge in [0.1, 0.15) is 0 Å². The van der Waals surface area contributed by atoms with Crippen LogP contribution < -0.4 is 4.13 Å². The molecule has 54 valence electrons. The van der Waals surface area contributed by atoms with Crippen molar-refractivity contribution in [1.29, 1.82) is 0 Å². The Morgan fingerprint density at radius 3 is 2.56 bits per heavy atom. The average Bonchev–Trinajstić information content (AvgIpc) is 2.34. The Labute approximate surface area is 65.6 Å². The van der Waals surface area contributed by atoms with E-state index in [0.717, 1.165) is 5.25 Å². The fourth-order valence-corrected chi connectivity index (χ4v) is 2.62. The van der Waals surface area contributed by atoms with Crippen LogP contribution in [0.25, 0.3) is 0 Å². The molecular formula is C6H13NS2. The zero-order valence-corrected chi connectivity index (χ0v) is 7.36. The molecular weight excluding hydrogens is 150 g/mol. The second-order valence-corrected chi connectivity index (χ2v) is 4.29.